The first-order chi connectivity index (χ1) is 13.6. The van der Waals surface area contributed by atoms with Gasteiger partial charge < -0.3 is 19.2 Å². The Labute approximate surface area is 161 Å². The Hall–Kier alpha value is -3.54. The third kappa shape index (κ3) is 3.03. The largest absolute Gasteiger partial charge is 0.494 e. The number of aromatic nitrogens is 2. The van der Waals surface area contributed by atoms with Crippen molar-refractivity contribution in [3.8, 4) is 39.5 Å². The van der Waals surface area contributed by atoms with Crippen molar-refractivity contribution < 1.29 is 18.6 Å². The molecule has 1 N–H and O–H groups in total. The van der Waals surface area contributed by atoms with Crippen LogP contribution in [0.15, 0.2) is 54.9 Å². The van der Waals surface area contributed by atoms with Crippen LogP contribution in [0, 0.1) is 5.82 Å². The van der Waals surface area contributed by atoms with Crippen LogP contribution in [0.4, 0.5) is 4.39 Å². The molecule has 0 aliphatic rings. The number of hydrogen-bond acceptors (Lipinski definition) is 4. The summed E-state index contributed by atoms with van der Waals surface area (Å²) >= 11 is 0. The quantitative estimate of drug-likeness (QED) is 0.527. The predicted molar refractivity (Wildman–Crippen MR) is 107 cm³/mol. The summed E-state index contributed by atoms with van der Waals surface area (Å²) in [5, 5.41) is 0.900. The molecule has 0 radical (unpaired) electrons. The molecule has 28 heavy (non-hydrogen) atoms. The van der Waals surface area contributed by atoms with Gasteiger partial charge in [0.05, 0.1) is 21.3 Å². The monoisotopic (exact) mass is 378 g/mol. The summed E-state index contributed by atoms with van der Waals surface area (Å²) < 4.78 is 29.9. The van der Waals surface area contributed by atoms with E-state index in [4.69, 9.17) is 14.2 Å². The zero-order chi connectivity index (χ0) is 19.7. The topological polar surface area (TPSA) is 56.4 Å². The van der Waals surface area contributed by atoms with E-state index in [-0.39, 0.29) is 5.75 Å². The van der Waals surface area contributed by atoms with Crippen molar-refractivity contribution in [3.63, 3.8) is 0 Å². The standard InChI is InChI=1S/C22H19FN2O3/c1-26-19-6-5-14(9-18(19)23)17-12-25-22-16(17)8-15(11-24-22)13-4-7-20(27-2)21(10-13)28-3/h4-12H,1-3H3,(H,24,25). The Bertz CT molecular complexity index is 1150. The van der Waals surface area contributed by atoms with E-state index in [1.165, 1.54) is 13.2 Å². The Morgan fingerprint density at radius 2 is 1.50 bits per heavy atom. The summed E-state index contributed by atoms with van der Waals surface area (Å²) in [7, 11) is 4.65. The Balaban J connectivity index is 1.81. The molecule has 0 aliphatic heterocycles. The molecule has 5 nitrogen and oxygen atoms in total. The number of nitrogens with zero attached hydrogens (tertiary/aromatic N) is 1. The second kappa shape index (κ2) is 7.23. The number of H-pyrrole nitrogens is 1. The first kappa shape index (κ1) is 17.9. The predicted octanol–water partition coefficient (Wildman–Crippen LogP) is 5.06. The van der Waals surface area contributed by atoms with Gasteiger partial charge in [0.15, 0.2) is 23.1 Å². The molecule has 0 aliphatic carbocycles. The highest BCUT2D eigenvalue weighted by Gasteiger charge is 2.13. The molecule has 0 spiro atoms. The van der Waals surface area contributed by atoms with Crippen LogP contribution in [0.3, 0.4) is 0 Å². The lowest BCUT2D eigenvalue weighted by Gasteiger charge is -2.10. The number of fused-ring (bicyclic) bond motifs is 1. The second-order valence-corrected chi connectivity index (χ2v) is 6.24. The molecule has 2 aromatic carbocycles. The van der Waals surface area contributed by atoms with E-state index in [0.717, 1.165) is 33.3 Å². The number of rotatable bonds is 5. The van der Waals surface area contributed by atoms with Gasteiger partial charge in [-0.2, -0.15) is 0 Å². The minimum atomic E-state index is -0.404. The van der Waals surface area contributed by atoms with Gasteiger partial charge in [0.2, 0.25) is 0 Å². The normalized spacial score (nSPS) is 10.9. The molecule has 142 valence electrons. The summed E-state index contributed by atoms with van der Waals surface area (Å²) in [6, 6.07) is 12.6. The van der Waals surface area contributed by atoms with Crippen molar-refractivity contribution in [1.29, 1.82) is 0 Å². The van der Waals surface area contributed by atoms with Crippen LogP contribution in [-0.4, -0.2) is 31.3 Å². The van der Waals surface area contributed by atoms with Crippen molar-refractivity contribution >= 4 is 11.0 Å². The average Bonchev–Trinajstić information content (AvgIpc) is 3.16. The summed E-state index contributed by atoms with van der Waals surface area (Å²) in [6.07, 6.45) is 3.62. The second-order valence-electron chi connectivity index (χ2n) is 6.24. The van der Waals surface area contributed by atoms with Gasteiger partial charge in [-0.1, -0.05) is 12.1 Å². The van der Waals surface area contributed by atoms with Crippen LogP contribution in [0.2, 0.25) is 0 Å². The number of halogens is 1. The number of pyridine rings is 1. The summed E-state index contributed by atoms with van der Waals surface area (Å²) in [5.41, 5.74) is 4.21. The molecule has 0 fully saturated rings. The average molecular weight is 378 g/mol. The van der Waals surface area contributed by atoms with E-state index in [1.807, 2.05) is 36.5 Å². The number of ether oxygens (including phenoxy) is 3. The van der Waals surface area contributed by atoms with Gasteiger partial charge in [0, 0.05) is 28.9 Å². The molecule has 4 aromatic rings. The number of hydrogen-bond donors (Lipinski definition) is 1. The lowest BCUT2D eigenvalue weighted by Crippen LogP contribution is -1.91. The summed E-state index contributed by atoms with van der Waals surface area (Å²) in [4.78, 5) is 7.66. The van der Waals surface area contributed by atoms with Crippen LogP contribution in [0.5, 0.6) is 17.2 Å². The molecule has 0 amide bonds. The number of nitrogens with one attached hydrogen (secondary N) is 1. The zero-order valence-corrected chi connectivity index (χ0v) is 15.7. The van der Waals surface area contributed by atoms with Gasteiger partial charge in [0.25, 0.3) is 0 Å². The van der Waals surface area contributed by atoms with Gasteiger partial charge >= 0.3 is 0 Å². The van der Waals surface area contributed by atoms with E-state index >= 15 is 0 Å². The molecular formula is C22H19FN2O3. The first-order valence-corrected chi connectivity index (χ1v) is 8.68. The fourth-order valence-electron chi connectivity index (χ4n) is 3.25. The molecule has 4 rings (SSSR count). The number of methoxy groups -OCH3 is 3. The molecule has 0 bridgehead atoms. The molecule has 2 aromatic heterocycles. The lowest BCUT2D eigenvalue weighted by molar-refractivity contribution is 0.355. The zero-order valence-electron chi connectivity index (χ0n) is 15.7. The van der Waals surface area contributed by atoms with E-state index in [9.17, 15) is 4.39 Å². The lowest BCUT2D eigenvalue weighted by atomic mass is 10.0. The molecule has 0 atom stereocenters. The molecule has 0 saturated carbocycles. The van der Waals surface area contributed by atoms with Crippen LogP contribution in [-0.2, 0) is 0 Å². The van der Waals surface area contributed by atoms with E-state index in [2.05, 4.69) is 9.97 Å². The maximum atomic E-state index is 14.2. The van der Waals surface area contributed by atoms with Crippen LogP contribution < -0.4 is 14.2 Å². The Morgan fingerprint density at radius 1 is 0.786 bits per heavy atom. The van der Waals surface area contributed by atoms with Gasteiger partial charge in [-0.25, -0.2) is 9.37 Å². The van der Waals surface area contributed by atoms with Crippen molar-refractivity contribution in [1.82, 2.24) is 9.97 Å². The van der Waals surface area contributed by atoms with Gasteiger partial charge in [-0.3, -0.25) is 0 Å². The van der Waals surface area contributed by atoms with Crippen LogP contribution >= 0.6 is 0 Å². The number of aromatic amines is 1. The fourth-order valence-corrected chi connectivity index (χ4v) is 3.25. The highest BCUT2D eigenvalue weighted by atomic mass is 19.1. The van der Waals surface area contributed by atoms with Gasteiger partial charge in [-0.05, 0) is 41.5 Å². The fraction of sp³-hybridized carbons (Fsp3) is 0.136. The molecule has 0 unspecified atom stereocenters. The minimum Gasteiger partial charge on any atom is -0.494 e. The molecular weight excluding hydrogens is 359 g/mol. The molecule has 2 heterocycles. The number of benzene rings is 2. The minimum absolute atomic E-state index is 0.215. The third-order valence-corrected chi connectivity index (χ3v) is 4.71. The maximum Gasteiger partial charge on any atom is 0.165 e. The summed E-state index contributed by atoms with van der Waals surface area (Å²) in [5.74, 6) is 1.12. The molecule has 6 heteroatoms. The van der Waals surface area contributed by atoms with E-state index in [0.29, 0.717) is 11.5 Å². The van der Waals surface area contributed by atoms with Gasteiger partial charge in [0.1, 0.15) is 5.65 Å². The SMILES string of the molecule is COc1ccc(-c2c[nH]c3ncc(-c4ccc(OC)c(OC)c4)cc23)cc1F. The van der Waals surface area contributed by atoms with Crippen molar-refractivity contribution in [2.24, 2.45) is 0 Å². The van der Waals surface area contributed by atoms with Gasteiger partial charge in [-0.15, -0.1) is 0 Å². The smallest absolute Gasteiger partial charge is 0.165 e. The third-order valence-electron chi connectivity index (χ3n) is 4.71. The Morgan fingerprint density at radius 3 is 2.21 bits per heavy atom. The Kier molecular flexibility index (Phi) is 4.61. The van der Waals surface area contributed by atoms with E-state index in [1.54, 1.807) is 26.5 Å². The van der Waals surface area contributed by atoms with Crippen LogP contribution in [0.25, 0.3) is 33.3 Å². The van der Waals surface area contributed by atoms with E-state index < -0.39 is 5.82 Å². The first-order valence-electron chi connectivity index (χ1n) is 8.68. The summed E-state index contributed by atoms with van der Waals surface area (Å²) in [6.45, 7) is 0. The molecule has 0 saturated heterocycles. The highest BCUT2D eigenvalue weighted by Crippen LogP contribution is 2.35. The van der Waals surface area contributed by atoms with Crippen molar-refractivity contribution in [2.45, 2.75) is 0 Å². The van der Waals surface area contributed by atoms with Crippen molar-refractivity contribution in [3.05, 3.63) is 60.7 Å². The van der Waals surface area contributed by atoms with Crippen molar-refractivity contribution in [2.75, 3.05) is 21.3 Å². The van der Waals surface area contributed by atoms with Crippen LogP contribution in [0.1, 0.15) is 0 Å². The maximum absolute atomic E-state index is 14.2. The highest BCUT2D eigenvalue weighted by molar-refractivity contribution is 5.96.